The molecule has 1 aliphatic heterocycles. The summed E-state index contributed by atoms with van der Waals surface area (Å²) in [4.78, 5) is 29.3. The number of aryl methyl sites for hydroxylation is 1. The van der Waals surface area contributed by atoms with Gasteiger partial charge in [-0.25, -0.2) is 0 Å². The highest BCUT2D eigenvalue weighted by molar-refractivity contribution is 6.32. The summed E-state index contributed by atoms with van der Waals surface area (Å²) < 4.78 is 23.8. The first-order chi connectivity index (χ1) is 18.8. The molecular weight excluding hydrogens is 518 g/mol. The lowest BCUT2D eigenvalue weighted by Gasteiger charge is -2.26. The number of benzene rings is 2. The smallest absolute Gasteiger partial charge is 0.290 e. The molecule has 0 aliphatic carbocycles. The number of rotatable bonds is 13. The summed E-state index contributed by atoms with van der Waals surface area (Å²) in [6.45, 7) is 11.8. The minimum atomic E-state index is -0.638. The summed E-state index contributed by atoms with van der Waals surface area (Å²) >= 11 is 6.36. The van der Waals surface area contributed by atoms with Crippen molar-refractivity contribution in [2.75, 3.05) is 26.4 Å². The molecular formula is C31H38ClNO6. The highest BCUT2D eigenvalue weighted by Gasteiger charge is 2.42. The number of amides is 1. The second-order valence-electron chi connectivity index (χ2n) is 10.1. The van der Waals surface area contributed by atoms with Crippen molar-refractivity contribution in [2.24, 2.45) is 0 Å². The molecule has 39 heavy (non-hydrogen) atoms. The minimum Gasteiger partial charge on any atom is -0.490 e. The van der Waals surface area contributed by atoms with Gasteiger partial charge >= 0.3 is 0 Å². The summed E-state index contributed by atoms with van der Waals surface area (Å²) in [5, 5.41) is 0.828. The average molecular weight is 556 g/mol. The molecule has 1 amide bonds. The Labute approximate surface area is 235 Å². The lowest BCUT2D eigenvalue weighted by atomic mass is 9.97. The van der Waals surface area contributed by atoms with Crippen LogP contribution in [0.5, 0.6) is 11.5 Å². The number of ether oxygens (including phenoxy) is 3. The quantitative estimate of drug-likeness (QED) is 0.210. The minimum absolute atomic E-state index is 0.0712. The van der Waals surface area contributed by atoms with Crippen LogP contribution in [-0.4, -0.2) is 43.3 Å². The Morgan fingerprint density at radius 3 is 2.51 bits per heavy atom. The lowest BCUT2D eigenvalue weighted by Crippen LogP contribution is -2.31. The van der Waals surface area contributed by atoms with Gasteiger partial charge in [0.2, 0.25) is 5.76 Å². The van der Waals surface area contributed by atoms with Crippen LogP contribution in [0.25, 0.3) is 11.0 Å². The normalized spacial score (nSPS) is 14.9. The van der Waals surface area contributed by atoms with Gasteiger partial charge in [0, 0.05) is 18.2 Å². The summed E-state index contributed by atoms with van der Waals surface area (Å²) in [5.74, 6) is 0.983. The highest BCUT2D eigenvalue weighted by atomic mass is 35.5. The van der Waals surface area contributed by atoms with E-state index < -0.39 is 6.04 Å². The number of carbonyl (C=O) groups excluding carboxylic acids is 1. The van der Waals surface area contributed by atoms with Gasteiger partial charge in [0.1, 0.15) is 5.58 Å². The maximum Gasteiger partial charge on any atom is 0.290 e. The van der Waals surface area contributed by atoms with Crippen molar-refractivity contribution < 1.29 is 23.4 Å². The predicted octanol–water partition coefficient (Wildman–Crippen LogP) is 7.08. The zero-order valence-corrected chi connectivity index (χ0v) is 24.2. The van der Waals surface area contributed by atoms with Gasteiger partial charge in [-0.2, -0.15) is 0 Å². The van der Waals surface area contributed by atoms with Crippen molar-refractivity contribution >= 4 is 28.5 Å². The van der Waals surface area contributed by atoms with Crippen LogP contribution >= 0.6 is 11.6 Å². The average Bonchev–Trinajstić information content (AvgIpc) is 3.18. The largest absolute Gasteiger partial charge is 0.490 e. The molecule has 4 rings (SSSR count). The topological polar surface area (TPSA) is 78.2 Å². The Balaban J connectivity index is 1.79. The highest BCUT2D eigenvalue weighted by Crippen LogP contribution is 2.41. The fourth-order valence-electron chi connectivity index (χ4n) is 4.89. The van der Waals surface area contributed by atoms with Crippen LogP contribution in [0.4, 0.5) is 0 Å². The van der Waals surface area contributed by atoms with Crippen molar-refractivity contribution in [1.29, 1.82) is 0 Å². The third-order valence-electron chi connectivity index (χ3n) is 6.83. The van der Waals surface area contributed by atoms with E-state index in [9.17, 15) is 9.59 Å². The van der Waals surface area contributed by atoms with Gasteiger partial charge in [-0.3, -0.25) is 9.59 Å². The molecule has 0 bridgehead atoms. The number of hydrogen-bond acceptors (Lipinski definition) is 6. The summed E-state index contributed by atoms with van der Waals surface area (Å²) in [6.07, 6.45) is 3.86. The van der Waals surface area contributed by atoms with Crippen LogP contribution < -0.4 is 14.9 Å². The molecule has 2 heterocycles. The van der Waals surface area contributed by atoms with Crippen LogP contribution in [0, 0.1) is 6.92 Å². The summed E-state index contributed by atoms with van der Waals surface area (Å²) in [5.41, 5.74) is 1.93. The number of halogens is 1. The Kier molecular flexibility index (Phi) is 9.57. The molecule has 3 aromatic rings. The fraction of sp³-hybridized carbons (Fsp3) is 0.484. The first-order valence-electron chi connectivity index (χ1n) is 13.9. The number of nitrogens with zero attached hydrogens (tertiary/aromatic N) is 1. The molecule has 0 N–H and O–H groups in total. The van der Waals surface area contributed by atoms with Crippen molar-refractivity contribution in [3.05, 3.63) is 68.0 Å². The third-order valence-corrected chi connectivity index (χ3v) is 7.24. The second kappa shape index (κ2) is 12.9. The van der Waals surface area contributed by atoms with Crippen molar-refractivity contribution in [1.82, 2.24) is 4.90 Å². The lowest BCUT2D eigenvalue weighted by molar-refractivity contribution is 0.0593. The van der Waals surface area contributed by atoms with E-state index in [1.165, 1.54) is 0 Å². The standard InChI is InChI=1S/C31H38ClNO6/c1-6-8-9-14-38-24-12-11-21(17-26(24)36-7-2)28-27-29(34)22-18-23(32)20(5)16-25(22)39-30(27)31(35)33(28)13-10-15-37-19(3)4/h11-12,16-19,28H,6-10,13-15H2,1-5H3. The van der Waals surface area contributed by atoms with Crippen LogP contribution in [0.2, 0.25) is 5.02 Å². The van der Waals surface area contributed by atoms with Crippen LogP contribution in [0.3, 0.4) is 0 Å². The van der Waals surface area contributed by atoms with E-state index in [1.54, 1.807) is 17.0 Å². The van der Waals surface area contributed by atoms with Crippen molar-refractivity contribution in [2.45, 2.75) is 72.4 Å². The van der Waals surface area contributed by atoms with Crippen molar-refractivity contribution in [3.8, 4) is 11.5 Å². The van der Waals surface area contributed by atoms with Gasteiger partial charge in [0.05, 0.1) is 36.3 Å². The number of carbonyl (C=O) groups is 1. The van der Waals surface area contributed by atoms with Gasteiger partial charge in [-0.15, -0.1) is 0 Å². The predicted molar refractivity (Wildman–Crippen MR) is 153 cm³/mol. The van der Waals surface area contributed by atoms with Gasteiger partial charge in [0.25, 0.3) is 5.91 Å². The zero-order chi connectivity index (χ0) is 28.1. The van der Waals surface area contributed by atoms with E-state index in [0.717, 1.165) is 30.4 Å². The van der Waals surface area contributed by atoms with E-state index in [4.69, 9.17) is 30.2 Å². The molecule has 0 spiro atoms. The molecule has 1 atom stereocenters. The first-order valence-corrected chi connectivity index (χ1v) is 14.2. The molecule has 0 saturated carbocycles. The molecule has 0 fully saturated rings. The van der Waals surface area contributed by atoms with Gasteiger partial charge in [0.15, 0.2) is 16.9 Å². The SMILES string of the molecule is CCCCCOc1ccc(C2c3c(oc4cc(C)c(Cl)cc4c3=O)C(=O)N2CCCOC(C)C)cc1OCC. The Morgan fingerprint density at radius 1 is 1.00 bits per heavy atom. The van der Waals surface area contributed by atoms with E-state index in [0.29, 0.717) is 65.8 Å². The third kappa shape index (κ3) is 6.25. The molecule has 8 heteroatoms. The summed E-state index contributed by atoms with van der Waals surface area (Å²) in [6, 6.07) is 8.32. The van der Waals surface area contributed by atoms with Crippen LogP contribution in [0.15, 0.2) is 39.5 Å². The first kappa shape index (κ1) is 29.0. The monoisotopic (exact) mass is 555 g/mol. The van der Waals surface area contributed by atoms with Gasteiger partial charge < -0.3 is 23.5 Å². The maximum atomic E-state index is 13.9. The molecule has 1 aromatic heterocycles. The fourth-order valence-corrected chi connectivity index (χ4v) is 5.05. The number of unbranched alkanes of at least 4 members (excludes halogenated alkanes) is 2. The second-order valence-corrected chi connectivity index (χ2v) is 10.5. The molecule has 0 radical (unpaired) electrons. The maximum absolute atomic E-state index is 13.9. The van der Waals surface area contributed by atoms with Crippen molar-refractivity contribution in [3.63, 3.8) is 0 Å². The van der Waals surface area contributed by atoms with E-state index in [2.05, 4.69) is 6.92 Å². The number of hydrogen-bond donors (Lipinski definition) is 0. The van der Waals surface area contributed by atoms with E-state index in [-0.39, 0.29) is 23.2 Å². The molecule has 0 saturated heterocycles. The van der Waals surface area contributed by atoms with Gasteiger partial charge in [-0.05, 0) is 75.9 Å². The summed E-state index contributed by atoms with van der Waals surface area (Å²) in [7, 11) is 0. The van der Waals surface area contributed by atoms with Gasteiger partial charge in [-0.1, -0.05) is 37.4 Å². The van der Waals surface area contributed by atoms with E-state index in [1.807, 2.05) is 45.9 Å². The zero-order valence-electron chi connectivity index (χ0n) is 23.5. The molecule has 7 nitrogen and oxygen atoms in total. The Morgan fingerprint density at radius 2 is 1.79 bits per heavy atom. The van der Waals surface area contributed by atoms with E-state index >= 15 is 0 Å². The molecule has 210 valence electrons. The molecule has 1 aliphatic rings. The Hall–Kier alpha value is -3.03. The number of fused-ring (bicyclic) bond motifs is 2. The van der Waals surface area contributed by atoms with Crippen LogP contribution in [0.1, 0.15) is 86.7 Å². The van der Waals surface area contributed by atoms with Crippen LogP contribution in [-0.2, 0) is 4.74 Å². The molecule has 2 aromatic carbocycles. The Bertz CT molecular complexity index is 1380. The molecule has 1 unspecified atom stereocenters.